The summed E-state index contributed by atoms with van der Waals surface area (Å²) in [5, 5.41) is 6.29. The van der Waals surface area contributed by atoms with E-state index in [-0.39, 0.29) is 11.4 Å². The molecule has 98 valence electrons. The molecule has 0 spiro atoms. The first-order chi connectivity index (χ1) is 8.63. The van der Waals surface area contributed by atoms with Crippen molar-refractivity contribution in [2.45, 2.75) is 45.1 Å². The Bertz CT molecular complexity index is 410. The molecule has 2 N–H and O–H groups in total. The highest BCUT2D eigenvalue weighted by molar-refractivity contribution is 5.93. The molecule has 0 radical (unpaired) electrons. The number of aromatic nitrogens is 1. The summed E-state index contributed by atoms with van der Waals surface area (Å²) in [7, 11) is 0. The van der Waals surface area contributed by atoms with Gasteiger partial charge < -0.3 is 10.6 Å². The molecular formula is C14H21N3O. The lowest BCUT2D eigenvalue weighted by atomic mass is 9.78. The van der Waals surface area contributed by atoms with E-state index in [0.29, 0.717) is 5.69 Å². The van der Waals surface area contributed by atoms with E-state index < -0.39 is 0 Å². The highest BCUT2D eigenvalue weighted by Crippen LogP contribution is 2.31. The molecule has 0 aliphatic heterocycles. The first-order valence-electron chi connectivity index (χ1n) is 6.65. The van der Waals surface area contributed by atoms with Crippen LogP contribution < -0.4 is 10.6 Å². The zero-order valence-electron chi connectivity index (χ0n) is 11.1. The number of pyridine rings is 1. The van der Waals surface area contributed by atoms with Gasteiger partial charge in [0.2, 0.25) is 0 Å². The van der Waals surface area contributed by atoms with Gasteiger partial charge in [0.15, 0.2) is 0 Å². The topological polar surface area (TPSA) is 54.0 Å². The summed E-state index contributed by atoms with van der Waals surface area (Å²) < 4.78 is 0. The number of rotatable bonds is 5. The van der Waals surface area contributed by atoms with E-state index in [1.165, 1.54) is 6.42 Å². The Balaban J connectivity index is 1.94. The second-order valence-corrected chi connectivity index (χ2v) is 5.23. The lowest BCUT2D eigenvalue weighted by Gasteiger charge is -2.38. The smallest absolute Gasteiger partial charge is 0.270 e. The molecule has 0 bridgehead atoms. The van der Waals surface area contributed by atoms with E-state index in [2.05, 4.69) is 29.5 Å². The van der Waals surface area contributed by atoms with E-state index in [1.54, 1.807) is 12.3 Å². The fourth-order valence-electron chi connectivity index (χ4n) is 2.07. The van der Waals surface area contributed by atoms with Crippen LogP contribution in [-0.2, 0) is 0 Å². The van der Waals surface area contributed by atoms with Gasteiger partial charge in [0, 0.05) is 12.1 Å². The normalized spacial score (nSPS) is 16.8. The molecule has 0 unspecified atom stereocenters. The van der Waals surface area contributed by atoms with E-state index in [9.17, 15) is 4.79 Å². The Morgan fingerprint density at radius 1 is 1.44 bits per heavy atom. The van der Waals surface area contributed by atoms with Gasteiger partial charge in [0.1, 0.15) is 5.69 Å². The number of carbonyl (C=O) groups excluding carboxylic acids is 1. The maximum absolute atomic E-state index is 12.0. The van der Waals surface area contributed by atoms with Gasteiger partial charge in [0.25, 0.3) is 5.91 Å². The second kappa shape index (κ2) is 5.38. The van der Waals surface area contributed by atoms with Crippen LogP contribution in [-0.4, -0.2) is 23.0 Å². The van der Waals surface area contributed by atoms with Gasteiger partial charge in [-0.3, -0.25) is 4.79 Å². The zero-order valence-corrected chi connectivity index (χ0v) is 11.1. The SMILES string of the molecule is CCCNc1ccc(C(=O)NC2(C)CCC2)nc1. The number of nitrogens with one attached hydrogen (secondary N) is 2. The minimum absolute atomic E-state index is 0.0160. The monoisotopic (exact) mass is 247 g/mol. The summed E-state index contributed by atoms with van der Waals surface area (Å²) >= 11 is 0. The van der Waals surface area contributed by atoms with E-state index >= 15 is 0 Å². The average Bonchev–Trinajstić information content (AvgIpc) is 2.35. The molecule has 1 heterocycles. The molecule has 0 atom stereocenters. The van der Waals surface area contributed by atoms with Crippen LogP contribution in [0.25, 0.3) is 0 Å². The van der Waals surface area contributed by atoms with Crippen LogP contribution in [0.2, 0.25) is 0 Å². The lowest BCUT2D eigenvalue weighted by Crippen LogP contribution is -2.51. The molecule has 4 heteroatoms. The number of hydrogen-bond donors (Lipinski definition) is 2. The predicted molar refractivity (Wildman–Crippen MR) is 72.7 cm³/mol. The first-order valence-corrected chi connectivity index (χ1v) is 6.65. The van der Waals surface area contributed by atoms with Gasteiger partial charge in [0.05, 0.1) is 11.9 Å². The predicted octanol–water partition coefficient (Wildman–Crippen LogP) is 2.58. The highest BCUT2D eigenvalue weighted by Gasteiger charge is 2.33. The molecule has 18 heavy (non-hydrogen) atoms. The number of amides is 1. The summed E-state index contributed by atoms with van der Waals surface area (Å²) in [5.74, 6) is -0.0701. The van der Waals surface area contributed by atoms with Crippen LogP contribution in [0.5, 0.6) is 0 Å². The fraction of sp³-hybridized carbons (Fsp3) is 0.571. The molecule has 1 aromatic rings. The van der Waals surface area contributed by atoms with Crippen molar-refractivity contribution in [2.75, 3.05) is 11.9 Å². The van der Waals surface area contributed by atoms with Crippen molar-refractivity contribution < 1.29 is 4.79 Å². The maximum Gasteiger partial charge on any atom is 0.270 e. The van der Waals surface area contributed by atoms with Crippen molar-refractivity contribution in [1.29, 1.82) is 0 Å². The van der Waals surface area contributed by atoms with Gasteiger partial charge in [-0.2, -0.15) is 0 Å². The van der Waals surface area contributed by atoms with Crippen molar-refractivity contribution in [1.82, 2.24) is 10.3 Å². The summed E-state index contributed by atoms with van der Waals surface area (Å²) in [5.41, 5.74) is 1.44. The van der Waals surface area contributed by atoms with Crippen LogP contribution >= 0.6 is 0 Å². The summed E-state index contributed by atoms with van der Waals surface area (Å²) in [4.78, 5) is 16.2. The standard InChI is InChI=1S/C14H21N3O/c1-3-9-15-11-5-6-12(16-10-11)13(18)17-14(2)7-4-8-14/h5-6,10,15H,3-4,7-9H2,1-2H3,(H,17,18). The minimum Gasteiger partial charge on any atom is -0.384 e. The molecule has 0 aromatic carbocycles. The third kappa shape index (κ3) is 3.00. The Labute approximate surface area is 108 Å². The Morgan fingerprint density at radius 2 is 2.22 bits per heavy atom. The molecule has 1 aromatic heterocycles. The average molecular weight is 247 g/mol. The molecule has 1 aliphatic carbocycles. The van der Waals surface area contributed by atoms with E-state index in [0.717, 1.165) is 31.5 Å². The third-order valence-corrected chi connectivity index (χ3v) is 3.45. The van der Waals surface area contributed by atoms with Crippen LogP contribution in [0.4, 0.5) is 5.69 Å². The minimum atomic E-state index is -0.0701. The largest absolute Gasteiger partial charge is 0.384 e. The molecule has 1 fully saturated rings. The van der Waals surface area contributed by atoms with Crippen molar-refractivity contribution >= 4 is 11.6 Å². The Morgan fingerprint density at radius 3 is 2.72 bits per heavy atom. The molecule has 1 aliphatic rings. The number of nitrogens with zero attached hydrogens (tertiary/aromatic N) is 1. The fourth-order valence-corrected chi connectivity index (χ4v) is 2.07. The number of carbonyl (C=O) groups is 1. The van der Waals surface area contributed by atoms with Gasteiger partial charge in [-0.25, -0.2) is 4.98 Å². The van der Waals surface area contributed by atoms with Gasteiger partial charge in [-0.15, -0.1) is 0 Å². The first kappa shape index (κ1) is 12.9. The zero-order chi connectivity index (χ0) is 13.0. The van der Waals surface area contributed by atoms with Gasteiger partial charge in [-0.05, 0) is 44.7 Å². The van der Waals surface area contributed by atoms with Gasteiger partial charge in [-0.1, -0.05) is 6.92 Å². The Kier molecular flexibility index (Phi) is 3.84. The molecule has 2 rings (SSSR count). The molecule has 1 saturated carbocycles. The summed E-state index contributed by atoms with van der Waals surface area (Å²) in [6.45, 7) is 5.12. The molecule has 1 amide bonds. The van der Waals surface area contributed by atoms with Crippen molar-refractivity contribution in [3.63, 3.8) is 0 Å². The van der Waals surface area contributed by atoms with Crippen molar-refractivity contribution in [2.24, 2.45) is 0 Å². The summed E-state index contributed by atoms with van der Waals surface area (Å²) in [6.07, 6.45) is 6.11. The van der Waals surface area contributed by atoms with Crippen LogP contribution in [0.3, 0.4) is 0 Å². The van der Waals surface area contributed by atoms with Crippen molar-refractivity contribution in [3.05, 3.63) is 24.0 Å². The third-order valence-electron chi connectivity index (χ3n) is 3.45. The lowest BCUT2D eigenvalue weighted by molar-refractivity contribution is 0.0845. The molecular weight excluding hydrogens is 226 g/mol. The number of anilines is 1. The quantitative estimate of drug-likeness (QED) is 0.840. The van der Waals surface area contributed by atoms with E-state index in [4.69, 9.17) is 0 Å². The van der Waals surface area contributed by atoms with Gasteiger partial charge >= 0.3 is 0 Å². The van der Waals surface area contributed by atoms with Crippen LogP contribution in [0.15, 0.2) is 18.3 Å². The Hall–Kier alpha value is -1.58. The molecule has 4 nitrogen and oxygen atoms in total. The highest BCUT2D eigenvalue weighted by atomic mass is 16.2. The second-order valence-electron chi connectivity index (χ2n) is 5.23. The summed E-state index contributed by atoms with van der Waals surface area (Å²) in [6, 6.07) is 3.68. The van der Waals surface area contributed by atoms with E-state index in [1.807, 2.05) is 6.07 Å². The van der Waals surface area contributed by atoms with Crippen LogP contribution in [0.1, 0.15) is 50.0 Å². The number of hydrogen-bond acceptors (Lipinski definition) is 3. The van der Waals surface area contributed by atoms with Crippen molar-refractivity contribution in [3.8, 4) is 0 Å². The van der Waals surface area contributed by atoms with Crippen LogP contribution in [0, 0.1) is 0 Å². The molecule has 0 saturated heterocycles. The maximum atomic E-state index is 12.0.